The SMILES string of the molecule is CC(=O)c1cc(-c2nc(-c3ccncc3)nn2CCO)c(=O)[nH]c1C. The first kappa shape index (κ1) is 16.7. The van der Waals surface area contributed by atoms with Gasteiger partial charge in [-0.3, -0.25) is 14.6 Å². The number of nitrogens with one attached hydrogen (secondary N) is 1. The van der Waals surface area contributed by atoms with Crippen LogP contribution in [-0.2, 0) is 6.54 Å². The summed E-state index contributed by atoms with van der Waals surface area (Å²) in [5.74, 6) is 0.553. The molecule has 0 amide bonds. The van der Waals surface area contributed by atoms with Gasteiger partial charge in [0.1, 0.15) is 0 Å². The van der Waals surface area contributed by atoms with Gasteiger partial charge in [-0.05, 0) is 32.0 Å². The van der Waals surface area contributed by atoms with Gasteiger partial charge >= 0.3 is 0 Å². The maximum absolute atomic E-state index is 12.4. The number of H-pyrrole nitrogens is 1. The number of aryl methyl sites for hydroxylation is 1. The third-order valence-corrected chi connectivity index (χ3v) is 3.78. The molecule has 8 heteroatoms. The van der Waals surface area contributed by atoms with Gasteiger partial charge < -0.3 is 10.1 Å². The van der Waals surface area contributed by atoms with Gasteiger partial charge in [-0.2, -0.15) is 5.10 Å². The fraction of sp³-hybridized carbons (Fsp3) is 0.235. The summed E-state index contributed by atoms with van der Waals surface area (Å²) >= 11 is 0. The Balaban J connectivity index is 2.20. The summed E-state index contributed by atoms with van der Waals surface area (Å²) in [6, 6.07) is 5.02. The molecule has 2 N–H and O–H groups in total. The molecule has 0 aliphatic rings. The number of ketones is 1. The van der Waals surface area contributed by atoms with E-state index in [1.54, 1.807) is 31.5 Å². The van der Waals surface area contributed by atoms with Gasteiger partial charge in [0.15, 0.2) is 17.4 Å². The largest absolute Gasteiger partial charge is 0.394 e. The Labute approximate surface area is 143 Å². The number of carbonyl (C=O) groups excluding carboxylic acids is 1. The zero-order valence-electron chi connectivity index (χ0n) is 13.9. The van der Waals surface area contributed by atoms with Gasteiger partial charge in [0, 0.05) is 29.2 Å². The molecule has 0 bridgehead atoms. The minimum atomic E-state index is -0.365. The quantitative estimate of drug-likeness (QED) is 0.675. The summed E-state index contributed by atoms with van der Waals surface area (Å²) in [4.78, 5) is 35.3. The minimum absolute atomic E-state index is 0.155. The minimum Gasteiger partial charge on any atom is -0.394 e. The van der Waals surface area contributed by atoms with E-state index in [0.29, 0.717) is 22.9 Å². The molecular weight excluding hydrogens is 322 g/mol. The molecule has 3 aromatic heterocycles. The van der Waals surface area contributed by atoms with Crippen molar-refractivity contribution in [2.75, 3.05) is 6.61 Å². The Kier molecular flexibility index (Phi) is 4.53. The maximum atomic E-state index is 12.4. The summed E-state index contributed by atoms with van der Waals surface area (Å²) in [7, 11) is 0. The van der Waals surface area contributed by atoms with Crippen LogP contribution < -0.4 is 5.56 Å². The Morgan fingerprint density at radius 3 is 2.68 bits per heavy atom. The Morgan fingerprint density at radius 2 is 2.04 bits per heavy atom. The highest BCUT2D eigenvalue weighted by molar-refractivity contribution is 5.96. The monoisotopic (exact) mass is 339 g/mol. The molecule has 0 saturated carbocycles. The molecule has 3 rings (SSSR count). The average Bonchev–Trinajstić information content (AvgIpc) is 2.99. The van der Waals surface area contributed by atoms with Crippen molar-refractivity contribution in [1.29, 1.82) is 0 Å². The second-order valence-electron chi connectivity index (χ2n) is 5.55. The number of rotatable bonds is 5. The summed E-state index contributed by atoms with van der Waals surface area (Å²) < 4.78 is 1.46. The van der Waals surface area contributed by atoms with E-state index in [1.807, 2.05) is 0 Å². The molecular formula is C17H17N5O3. The van der Waals surface area contributed by atoms with Crippen LogP contribution >= 0.6 is 0 Å². The van der Waals surface area contributed by atoms with Gasteiger partial charge in [0.05, 0.1) is 18.7 Å². The van der Waals surface area contributed by atoms with E-state index >= 15 is 0 Å². The average molecular weight is 339 g/mol. The fourth-order valence-corrected chi connectivity index (χ4v) is 2.57. The summed E-state index contributed by atoms with van der Waals surface area (Å²) in [6.07, 6.45) is 3.24. The first-order chi connectivity index (χ1) is 12.0. The molecule has 0 unspecified atom stereocenters. The third-order valence-electron chi connectivity index (χ3n) is 3.78. The van der Waals surface area contributed by atoms with Crippen molar-refractivity contribution >= 4 is 5.78 Å². The van der Waals surface area contributed by atoms with Gasteiger partial charge in [-0.25, -0.2) is 9.67 Å². The van der Waals surface area contributed by atoms with E-state index in [2.05, 4.69) is 20.1 Å². The van der Waals surface area contributed by atoms with Gasteiger partial charge in [-0.1, -0.05) is 0 Å². The summed E-state index contributed by atoms with van der Waals surface area (Å²) in [5.41, 5.74) is 1.53. The van der Waals surface area contributed by atoms with Crippen molar-refractivity contribution in [3.05, 3.63) is 52.2 Å². The summed E-state index contributed by atoms with van der Waals surface area (Å²) in [6.45, 7) is 3.12. The van der Waals surface area contributed by atoms with Crippen molar-refractivity contribution in [2.24, 2.45) is 0 Å². The van der Waals surface area contributed by atoms with Crippen LogP contribution in [0.1, 0.15) is 23.0 Å². The molecule has 25 heavy (non-hydrogen) atoms. The normalized spacial score (nSPS) is 10.8. The summed E-state index contributed by atoms with van der Waals surface area (Å²) in [5, 5.41) is 13.7. The van der Waals surface area contributed by atoms with Crippen molar-refractivity contribution < 1.29 is 9.90 Å². The van der Waals surface area contributed by atoms with Crippen LogP contribution in [0.5, 0.6) is 0 Å². The van der Waals surface area contributed by atoms with Crippen LogP contribution in [0.25, 0.3) is 22.8 Å². The van der Waals surface area contributed by atoms with E-state index in [4.69, 9.17) is 0 Å². The predicted octanol–water partition coefficient (Wildman–Crippen LogP) is 1.20. The van der Waals surface area contributed by atoms with Crippen LogP contribution in [-0.4, -0.2) is 42.2 Å². The zero-order chi connectivity index (χ0) is 18.0. The maximum Gasteiger partial charge on any atom is 0.259 e. The number of Topliss-reactive ketones (excluding diaryl/α,β-unsaturated/α-hetero) is 1. The molecule has 0 aliphatic carbocycles. The molecule has 3 heterocycles. The van der Waals surface area contributed by atoms with Crippen LogP contribution in [0.15, 0.2) is 35.4 Å². The second-order valence-corrected chi connectivity index (χ2v) is 5.55. The van der Waals surface area contributed by atoms with E-state index < -0.39 is 0 Å². The van der Waals surface area contributed by atoms with Crippen molar-refractivity contribution in [1.82, 2.24) is 24.7 Å². The molecule has 3 aromatic rings. The zero-order valence-corrected chi connectivity index (χ0v) is 13.9. The van der Waals surface area contributed by atoms with Crippen molar-refractivity contribution in [3.8, 4) is 22.8 Å². The topological polar surface area (TPSA) is 114 Å². The number of hydrogen-bond acceptors (Lipinski definition) is 6. The van der Waals surface area contributed by atoms with Gasteiger partial charge in [0.2, 0.25) is 0 Å². The van der Waals surface area contributed by atoms with Gasteiger partial charge in [-0.15, -0.1) is 0 Å². The lowest BCUT2D eigenvalue weighted by Gasteiger charge is -2.06. The third kappa shape index (κ3) is 3.24. The lowest BCUT2D eigenvalue weighted by atomic mass is 10.1. The molecule has 0 fully saturated rings. The molecule has 0 atom stereocenters. The Bertz CT molecular complexity index is 976. The standard InChI is InChI=1S/C17H17N5O3/c1-10-13(11(2)24)9-14(17(25)19-10)16-20-15(21-22(16)7-8-23)12-3-5-18-6-4-12/h3-6,9,23H,7-8H2,1-2H3,(H,19,25). The Morgan fingerprint density at radius 1 is 1.32 bits per heavy atom. The van der Waals surface area contributed by atoms with Crippen LogP contribution in [0.4, 0.5) is 0 Å². The molecule has 128 valence electrons. The molecule has 0 aliphatic heterocycles. The second kappa shape index (κ2) is 6.78. The number of pyridine rings is 2. The van der Waals surface area contributed by atoms with Gasteiger partial charge in [0.25, 0.3) is 5.56 Å². The Hall–Kier alpha value is -3.13. The number of carbonyl (C=O) groups is 1. The van der Waals surface area contributed by atoms with Crippen LogP contribution in [0.3, 0.4) is 0 Å². The number of aliphatic hydroxyl groups excluding tert-OH is 1. The highest BCUT2D eigenvalue weighted by Crippen LogP contribution is 2.21. The smallest absolute Gasteiger partial charge is 0.259 e. The van der Waals surface area contributed by atoms with Crippen LogP contribution in [0, 0.1) is 6.92 Å². The first-order valence-electron chi connectivity index (χ1n) is 7.72. The predicted molar refractivity (Wildman–Crippen MR) is 91.1 cm³/mol. The molecule has 0 aromatic carbocycles. The number of hydrogen-bond donors (Lipinski definition) is 2. The number of aliphatic hydroxyl groups is 1. The molecule has 0 radical (unpaired) electrons. The highest BCUT2D eigenvalue weighted by Gasteiger charge is 2.18. The first-order valence-corrected chi connectivity index (χ1v) is 7.72. The van der Waals surface area contributed by atoms with Crippen LogP contribution in [0.2, 0.25) is 0 Å². The van der Waals surface area contributed by atoms with Crippen molar-refractivity contribution in [2.45, 2.75) is 20.4 Å². The fourth-order valence-electron chi connectivity index (χ4n) is 2.57. The molecule has 0 spiro atoms. The number of aromatic amines is 1. The van der Waals surface area contributed by atoms with E-state index in [9.17, 15) is 14.7 Å². The van der Waals surface area contributed by atoms with E-state index in [1.165, 1.54) is 17.7 Å². The highest BCUT2D eigenvalue weighted by atomic mass is 16.3. The van der Waals surface area contributed by atoms with Crippen molar-refractivity contribution in [3.63, 3.8) is 0 Å². The molecule has 0 saturated heterocycles. The lowest BCUT2D eigenvalue weighted by Crippen LogP contribution is -2.17. The van der Waals surface area contributed by atoms with E-state index in [0.717, 1.165) is 5.56 Å². The van der Waals surface area contributed by atoms with E-state index in [-0.39, 0.29) is 30.1 Å². The molecule has 8 nitrogen and oxygen atoms in total. The number of aromatic nitrogens is 5. The number of nitrogens with zero attached hydrogens (tertiary/aromatic N) is 4. The lowest BCUT2D eigenvalue weighted by molar-refractivity contribution is 0.101.